The fourth-order valence-corrected chi connectivity index (χ4v) is 4.17. The molecule has 3 aromatic carbocycles. The molecular weight excluding hydrogens is 480 g/mol. The van der Waals surface area contributed by atoms with Gasteiger partial charge in [-0.3, -0.25) is 0 Å². The maximum absolute atomic E-state index is 12.6. The van der Waals surface area contributed by atoms with Gasteiger partial charge in [0.05, 0.1) is 12.5 Å². The van der Waals surface area contributed by atoms with Crippen LogP contribution in [0, 0.1) is 0 Å². The molecule has 0 fully saturated rings. The molecule has 0 aliphatic heterocycles. The third-order valence-electron chi connectivity index (χ3n) is 6.24. The highest BCUT2D eigenvalue weighted by molar-refractivity contribution is 6.12. The van der Waals surface area contributed by atoms with Crippen LogP contribution in [0.4, 0.5) is 9.59 Å². The first-order valence-corrected chi connectivity index (χ1v) is 13.6. The van der Waals surface area contributed by atoms with E-state index in [1.54, 1.807) is 0 Å². The van der Waals surface area contributed by atoms with Crippen LogP contribution in [-0.2, 0) is 15.9 Å². The SMILES string of the molecule is CCCCC/C=C/OC(=O)Oc1c2ccccc2c(OC(=O)O/C=C/CCCCC)c2cc(CC)ccc12. The molecule has 0 atom stereocenters. The Hall–Kier alpha value is -3.80. The van der Waals surface area contributed by atoms with Crippen LogP contribution < -0.4 is 9.47 Å². The van der Waals surface area contributed by atoms with Crippen molar-refractivity contribution < 1.29 is 28.5 Å². The highest BCUT2D eigenvalue weighted by Gasteiger charge is 2.21. The zero-order valence-corrected chi connectivity index (χ0v) is 22.7. The second-order valence-corrected chi connectivity index (χ2v) is 9.11. The Morgan fingerprint density at radius 2 is 1.16 bits per heavy atom. The van der Waals surface area contributed by atoms with Gasteiger partial charge in [0.2, 0.25) is 0 Å². The van der Waals surface area contributed by atoms with E-state index in [-0.39, 0.29) is 0 Å². The van der Waals surface area contributed by atoms with Crippen molar-refractivity contribution in [3.05, 3.63) is 72.7 Å². The fraction of sp³-hybridized carbons (Fsp3) is 0.375. The molecule has 0 radical (unpaired) electrons. The second kappa shape index (κ2) is 15.5. The number of allylic oxidation sites excluding steroid dienone is 2. The van der Waals surface area contributed by atoms with Gasteiger partial charge in [0.1, 0.15) is 11.5 Å². The van der Waals surface area contributed by atoms with E-state index in [1.165, 1.54) is 12.5 Å². The first-order valence-electron chi connectivity index (χ1n) is 13.6. The Balaban J connectivity index is 1.91. The molecule has 202 valence electrons. The predicted octanol–water partition coefficient (Wildman–Crippen LogP) is 9.77. The molecule has 0 heterocycles. The summed E-state index contributed by atoms with van der Waals surface area (Å²) in [5.74, 6) is 0.700. The van der Waals surface area contributed by atoms with Gasteiger partial charge < -0.3 is 18.9 Å². The Kier molecular flexibility index (Phi) is 11.7. The molecule has 0 saturated carbocycles. The van der Waals surface area contributed by atoms with Crippen LogP contribution in [0.1, 0.15) is 77.7 Å². The normalized spacial score (nSPS) is 11.4. The van der Waals surface area contributed by atoms with E-state index < -0.39 is 12.3 Å². The highest BCUT2D eigenvalue weighted by Crippen LogP contribution is 2.43. The van der Waals surface area contributed by atoms with E-state index in [2.05, 4.69) is 13.8 Å². The van der Waals surface area contributed by atoms with E-state index in [4.69, 9.17) is 18.9 Å². The van der Waals surface area contributed by atoms with Crippen molar-refractivity contribution in [2.75, 3.05) is 0 Å². The lowest BCUT2D eigenvalue weighted by molar-refractivity contribution is 0.134. The summed E-state index contributed by atoms with van der Waals surface area (Å²) in [5, 5.41) is 2.51. The Labute approximate surface area is 225 Å². The topological polar surface area (TPSA) is 71.1 Å². The van der Waals surface area contributed by atoms with Crippen molar-refractivity contribution in [1.29, 1.82) is 0 Å². The van der Waals surface area contributed by atoms with Gasteiger partial charge in [-0.2, -0.15) is 0 Å². The molecule has 3 rings (SSSR count). The van der Waals surface area contributed by atoms with Crippen LogP contribution in [0.3, 0.4) is 0 Å². The summed E-state index contributed by atoms with van der Waals surface area (Å²) >= 11 is 0. The summed E-state index contributed by atoms with van der Waals surface area (Å²) in [6.07, 6.45) is 13.8. The molecule has 0 spiro atoms. The van der Waals surface area contributed by atoms with Crippen molar-refractivity contribution in [2.45, 2.75) is 78.6 Å². The number of ether oxygens (including phenoxy) is 4. The number of hydrogen-bond acceptors (Lipinski definition) is 6. The van der Waals surface area contributed by atoms with Gasteiger partial charge in [0, 0.05) is 21.5 Å². The maximum atomic E-state index is 12.6. The van der Waals surface area contributed by atoms with E-state index in [0.29, 0.717) is 33.0 Å². The molecule has 0 unspecified atom stereocenters. The van der Waals surface area contributed by atoms with Gasteiger partial charge in [-0.1, -0.05) is 82.9 Å². The molecule has 38 heavy (non-hydrogen) atoms. The van der Waals surface area contributed by atoms with Crippen molar-refractivity contribution in [1.82, 2.24) is 0 Å². The summed E-state index contributed by atoms with van der Waals surface area (Å²) in [4.78, 5) is 25.2. The highest BCUT2D eigenvalue weighted by atomic mass is 16.7. The van der Waals surface area contributed by atoms with Crippen LogP contribution in [0.2, 0.25) is 0 Å². The summed E-state index contributed by atoms with van der Waals surface area (Å²) in [5.41, 5.74) is 1.05. The third kappa shape index (κ3) is 8.10. The lowest BCUT2D eigenvalue weighted by atomic mass is 9.98. The molecule has 0 aliphatic rings. The van der Waals surface area contributed by atoms with Crippen molar-refractivity contribution in [3.63, 3.8) is 0 Å². The number of fused-ring (bicyclic) bond motifs is 2. The summed E-state index contributed by atoms with van der Waals surface area (Å²) in [6.45, 7) is 6.33. The van der Waals surface area contributed by atoms with Gasteiger partial charge in [-0.05, 0) is 55.9 Å². The third-order valence-corrected chi connectivity index (χ3v) is 6.24. The summed E-state index contributed by atoms with van der Waals surface area (Å²) in [7, 11) is 0. The molecule has 0 bridgehead atoms. The Morgan fingerprint density at radius 1 is 0.658 bits per heavy atom. The predicted molar refractivity (Wildman–Crippen MR) is 152 cm³/mol. The quantitative estimate of drug-likeness (QED) is 0.0737. The lowest BCUT2D eigenvalue weighted by Crippen LogP contribution is -2.10. The standard InChI is InChI=1S/C32H38O6/c1-4-7-9-11-15-21-35-31(33)37-29-25-17-13-14-18-26(25)30(28-23-24(6-3)19-20-27(28)29)38-32(34)36-22-16-12-10-8-5-2/h13-23H,4-12H2,1-3H3/b21-15+,22-16+. The van der Waals surface area contributed by atoms with Crippen LogP contribution in [0.25, 0.3) is 21.5 Å². The average molecular weight is 519 g/mol. The van der Waals surface area contributed by atoms with Gasteiger partial charge in [-0.15, -0.1) is 0 Å². The van der Waals surface area contributed by atoms with Crippen LogP contribution >= 0.6 is 0 Å². The Bertz CT molecular complexity index is 1270. The molecule has 0 amide bonds. The van der Waals surface area contributed by atoms with Gasteiger partial charge in [-0.25, -0.2) is 9.59 Å². The Morgan fingerprint density at radius 3 is 1.66 bits per heavy atom. The van der Waals surface area contributed by atoms with Crippen LogP contribution in [0.15, 0.2) is 67.1 Å². The molecule has 0 aromatic heterocycles. The fourth-order valence-electron chi connectivity index (χ4n) is 4.17. The second-order valence-electron chi connectivity index (χ2n) is 9.11. The molecule has 3 aromatic rings. The number of carbonyl (C=O) groups excluding carboxylic acids is 2. The smallest absolute Gasteiger partial charge is 0.403 e. The number of unbranched alkanes of at least 4 members (excludes halogenated alkanes) is 6. The first-order chi connectivity index (χ1) is 18.6. The molecule has 0 N–H and O–H groups in total. The zero-order chi connectivity index (χ0) is 27.2. The maximum Gasteiger partial charge on any atom is 0.518 e. The van der Waals surface area contributed by atoms with E-state index in [0.717, 1.165) is 63.4 Å². The monoisotopic (exact) mass is 518 g/mol. The molecule has 0 aliphatic carbocycles. The lowest BCUT2D eigenvalue weighted by Gasteiger charge is -2.16. The van der Waals surface area contributed by atoms with Crippen molar-refractivity contribution in [3.8, 4) is 11.5 Å². The van der Waals surface area contributed by atoms with Gasteiger partial charge in [0.25, 0.3) is 0 Å². The van der Waals surface area contributed by atoms with E-state index in [9.17, 15) is 9.59 Å². The minimum absolute atomic E-state index is 0.346. The molecular formula is C32H38O6. The largest absolute Gasteiger partial charge is 0.518 e. The van der Waals surface area contributed by atoms with E-state index >= 15 is 0 Å². The van der Waals surface area contributed by atoms with E-state index in [1.807, 2.05) is 61.5 Å². The van der Waals surface area contributed by atoms with Crippen LogP contribution in [-0.4, -0.2) is 12.3 Å². The minimum Gasteiger partial charge on any atom is -0.403 e. The zero-order valence-electron chi connectivity index (χ0n) is 22.7. The van der Waals surface area contributed by atoms with Crippen molar-refractivity contribution >= 4 is 33.9 Å². The van der Waals surface area contributed by atoms with Crippen molar-refractivity contribution in [2.24, 2.45) is 0 Å². The summed E-state index contributed by atoms with van der Waals surface area (Å²) in [6, 6.07) is 13.1. The number of rotatable bonds is 13. The van der Waals surface area contributed by atoms with Gasteiger partial charge >= 0.3 is 12.3 Å². The van der Waals surface area contributed by atoms with Crippen LogP contribution in [0.5, 0.6) is 11.5 Å². The number of aryl methyl sites for hydroxylation is 1. The molecule has 0 saturated heterocycles. The molecule has 6 heteroatoms. The average Bonchev–Trinajstić information content (AvgIpc) is 2.94. The van der Waals surface area contributed by atoms with Gasteiger partial charge in [0.15, 0.2) is 0 Å². The number of hydrogen-bond donors (Lipinski definition) is 0. The number of benzene rings is 3. The summed E-state index contributed by atoms with van der Waals surface area (Å²) < 4.78 is 21.9. The minimum atomic E-state index is -0.830. The molecule has 6 nitrogen and oxygen atoms in total. The first kappa shape index (κ1) is 28.8. The number of carbonyl (C=O) groups is 2.